The van der Waals surface area contributed by atoms with Crippen molar-refractivity contribution in [1.82, 2.24) is 20.2 Å². The average Bonchev–Trinajstić information content (AvgIpc) is 3.09. The Hall–Kier alpha value is -3.00. The molecule has 2 aromatic carbocycles. The van der Waals surface area contributed by atoms with Gasteiger partial charge in [-0.3, -0.25) is 9.59 Å². The Morgan fingerprint density at radius 1 is 1.07 bits per heavy atom. The van der Waals surface area contributed by atoms with E-state index in [1.807, 2.05) is 32.0 Å². The molecule has 0 saturated heterocycles. The maximum absolute atomic E-state index is 12.7. The van der Waals surface area contributed by atoms with Crippen LogP contribution in [0.4, 0.5) is 5.69 Å². The highest BCUT2D eigenvalue weighted by molar-refractivity contribution is 8.00. The third kappa shape index (κ3) is 4.12. The van der Waals surface area contributed by atoms with Crippen LogP contribution >= 0.6 is 11.8 Å². The van der Waals surface area contributed by atoms with Crippen molar-refractivity contribution in [3.05, 3.63) is 59.2 Å². The van der Waals surface area contributed by atoms with Gasteiger partial charge in [0, 0.05) is 5.56 Å². The molecule has 1 aromatic heterocycles. The van der Waals surface area contributed by atoms with Crippen molar-refractivity contribution in [3.63, 3.8) is 0 Å². The van der Waals surface area contributed by atoms with Crippen molar-refractivity contribution in [2.75, 3.05) is 5.32 Å². The van der Waals surface area contributed by atoms with E-state index >= 15 is 0 Å². The number of benzene rings is 2. The first-order chi connectivity index (χ1) is 13.4. The maximum Gasteiger partial charge on any atom is 0.237 e. The number of Topliss-reactive ketones (excluding diaryl/α,β-unsaturated/α-hetero) is 1. The SMILES string of the molecule is CC(=O)c1ccccc1NC(=O)[C@H](C)Sc1nnnn1-c1c(C)cccc1C. The van der Waals surface area contributed by atoms with E-state index < -0.39 is 5.25 Å². The third-order valence-corrected chi connectivity index (χ3v) is 5.34. The Balaban J connectivity index is 1.80. The smallest absolute Gasteiger partial charge is 0.237 e. The monoisotopic (exact) mass is 395 g/mol. The number of amides is 1. The van der Waals surface area contributed by atoms with E-state index in [-0.39, 0.29) is 11.7 Å². The number of nitrogens with one attached hydrogen (secondary N) is 1. The van der Waals surface area contributed by atoms with Crippen LogP contribution in [0.1, 0.15) is 35.3 Å². The van der Waals surface area contributed by atoms with Gasteiger partial charge < -0.3 is 5.32 Å². The molecule has 8 heteroatoms. The number of carbonyl (C=O) groups excluding carboxylic acids is 2. The van der Waals surface area contributed by atoms with E-state index in [2.05, 4.69) is 20.8 Å². The van der Waals surface area contributed by atoms with Crippen molar-refractivity contribution < 1.29 is 9.59 Å². The van der Waals surface area contributed by atoms with Crippen LogP contribution in [0.5, 0.6) is 0 Å². The summed E-state index contributed by atoms with van der Waals surface area (Å²) in [7, 11) is 0. The van der Waals surface area contributed by atoms with Crippen LogP contribution < -0.4 is 5.32 Å². The lowest BCUT2D eigenvalue weighted by Gasteiger charge is -2.14. The molecule has 0 radical (unpaired) electrons. The summed E-state index contributed by atoms with van der Waals surface area (Å²) < 4.78 is 1.66. The Bertz CT molecular complexity index is 1010. The molecule has 144 valence electrons. The summed E-state index contributed by atoms with van der Waals surface area (Å²) in [5.41, 5.74) is 3.98. The van der Waals surface area contributed by atoms with Gasteiger partial charge in [0.15, 0.2) is 5.78 Å². The lowest BCUT2D eigenvalue weighted by atomic mass is 10.1. The zero-order valence-electron chi connectivity index (χ0n) is 16.1. The first-order valence-corrected chi connectivity index (χ1v) is 9.69. The predicted molar refractivity (Wildman–Crippen MR) is 109 cm³/mol. The van der Waals surface area contributed by atoms with Crippen LogP contribution in [0.3, 0.4) is 0 Å². The number of para-hydroxylation sites is 2. The number of rotatable bonds is 6. The number of aryl methyl sites for hydroxylation is 2. The lowest BCUT2D eigenvalue weighted by molar-refractivity contribution is -0.115. The number of aromatic nitrogens is 4. The van der Waals surface area contributed by atoms with E-state index in [0.717, 1.165) is 16.8 Å². The second kappa shape index (κ2) is 8.35. The van der Waals surface area contributed by atoms with Gasteiger partial charge in [-0.05, 0) is 61.4 Å². The van der Waals surface area contributed by atoms with Crippen molar-refractivity contribution in [2.45, 2.75) is 38.1 Å². The van der Waals surface area contributed by atoms with Crippen molar-refractivity contribution in [3.8, 4) is 5.69 Å². The van der Waals surface area contributed by atoms with Crippen LogP contribution in [0, 0.1) is 13.8 Å². The standard InChI is InChI=1S/C20H21N5O2S/c1-12-8-7-9-13(2)18(12)25-20(22-23-24-25)28-15(4)19(27)21-17-11-6-5-10-16(17)14(3)26/h5-11,15H,1-4H3,(H,21,27)/t15-/m0/s1. The first kappa shape index (κ1) is 19.8. The summed E-state index contributed by atoms with van der Waals surface area (Å²) >= 11 is 1.26. The number of nitrogens with zero attached hydrogens (tertiary/aromatic N) is 4. The highest BCUT2D eigenvalue weighted by Gasteiger charge is 2.21. The van der Waals surface area contributed by atoms with E-state index in [1.165, 1.54) is 18.7 Å². The van der Waals surface area contributed by atoms with Crippen LogP contribution in [0.2, 0.25) is 0 Å². The number of tetrazole rings is 1. The molecule has 1 heterocycles. The van der Waals surface area contributed by atoms with Gasteiger partial charge >= 0.3 is 0 Å². The molecule has 0 aliphatic rings. The van der Waals surface area contributed by atoms with Crippen LogP contribution in [-0.4, -0.2) is 37.1 Å². The summed E-state index contributed by atoms with van der Waals surface area (Å²) in [6.07, 6.45) is 0. The minimum absolute atomic E-state index is 0.102. The molecular formula is C20H21N5O2S. The molecule has 3 aromatic rings. The molecule has 1 amide bonds. The van der Waals surface area contributed by atoms with Gasteiger partial charge in [-0.2, -0.15) is 4.68 Å². The number of anilines is 1. The normalized spacial score (nSPS) is 11.9. The molecular weight excluding hydrogens is 374 g/mol. The Kier molecular flexibility index (Phi) is 5.89. The summed E-state index contributed by atoms with van der Waals surface area (Å²) in [6, 6.07) is 12.9. The van der Waals surface area contributed by atoms with E-state index in [4.69, 9.17) is 0 Å². The summed E-state index contributed by atoms with van der Waals surface area (Å²) in [5, 5.41) is 14.9. The summed E-state index contributed by atoms with van der Waals surface area (Å²) in [6.45, 7) is 7.24. The molecule has 0 bridgehead atoms. The molecule has 0 unspecified atom stereocenters. The number of thioether (sulfide) groups is 1. The number of carbonyl (C=O) groups is 2. The third-order valence-electron chi connectivity index (χ3n) is 4.31. The van der Waals surface area contributed by atoms with Crippen LogP contribution in [-0.2, 0) is 4.79 Å². The van der Waals surface area contributed by atoms with Crippen molar-refractivity contribution in [2.24, 2.45) is 0 Å². The quantitative estimate of drug-likeness (QED) is 0.507. The minimum Gasteiger partial charge on any atom is -0.324 e. The van der Waals surface area contributed by atoms with E-state index in [0.29, 0.717) is 16.4 Å². The zero-order chi connectivity index (χ0) is 20.3. The van der Waals surface area contributed by atoms with Gasteiger partial charge in [-0.1, -0.05) is 42.1 Å². The van der Waals surface area contributed by atoms with Crippen LogP contribution in [0.15, 0.2) is 47.6 Å². The highest BCUT2D eigenvalue weighted by atomic mass is 32.2. The Labute approximate surface area is 167 Å². The van der Waals surface area contributed by atoms with Gasteiger partial charge in [0.2, 0.25) is 11.1 Å². The second-order valence-corrected chi connectivity index (χ2v) is 7.77. The maximum atomic E-state index is 12.7. The summed E-state index contributed by atoms with van der Waals surface area (Å²) in [4.78, 5) is 24.4. The van der Waals surface area contributed by atoms with E-state index in [1.54, 1.807) is 35.9 Å². The minimum atomic E-state index is -0.464. The fraction of sp³-hybridized carbons (Fsp3) is 0.250. The topological polar surface area (TPSA) is 89.8 Å². The fourth-order valence-electron chi connectivity index (χ4n) is 2.88. The number of ketones is 1. The van der Waals surface area contributed by atoms with Crippen molar-refractivity contribution >= 4 is 29.1 Å². The highest BCUT2D eigenvalue weighted by Crippen LogP contribution is 2.27. The molecule has 28 heavy (non-hydrogen) atoms. The van der Waals surface area contributed by atoms with Crippen molar-refractivity contribution in [1.29, 1.82) is 0 Å². The zero-order valence-corrected chi connectivity index (χ0v) is 16.9. The van der Waals surface area contributed by atoms with Gasteiger partial charge in [0.1, 0.15) is 0 Å². The lowest BCUT2D eigenvalue weighted by Crippen LogP contribution is -2.24. The predicted octanol–water partition coefficient (Wildman–Crippen LogP) is 3.60. The molecule has 0 spiro atoms. The molecule has 7 nitrogen and oxygen atoms in total. The van der Waals surface area contributed by atoms with Gasteiger partial charge in [-0.25, -0.2) is 0 Å². The average molecular weight is 395 g/mol. The molecule has 3 rings (SSSR count). The first-order valence-electron chi connectivity index (χ1n) is 8.81. The van der Waals surface area contributed by atoms with Gasteiger partial charge in [0.05, 0.1) is 16.6 Å². The van der Waals surface area contributed by atoms with E-state index in [9.17, 15) is 9.59 Å². The molecule has 1 atom stereocenters. The van der Waals surface area contributed by atoms with Crippen LogP contribution in [0.25, 0.3) is 5.69 Å². The number of hydrogen-bond acceptors (Lipinski definition) is 6. The van der Waals surface area contributed by atoms with Gasteiger partial charge in [-0.15, -0.1) is 5.10 Å². The number of hydrogen-bond donors (Lipinski definition) is 1. The molecule has 0 aliphatic heterocycles. The molecule has 0 aliphatic carbocycles. The largest absolute Gasteiger partial charge is 0.324 e. The second-order valence-electron chi connectivity index (χ2n) is 6.46. The molecule has 1 N–H and O–H groups in total. The van der Waals surface area contributed by atoms with Gasteiger partial charge in [0.25, 0.3) is 0 Å². The molecule has 0 fully saturated rings. The Morgan fingerprint density at radius 2 is 1.75 bits per heavy atom. The fourth-order valence-corrected chi connectivity index (χ4v) is 3.67. The Morgan fingerprint density at radius 3 is 2.43 bits per heavy atom. The summed E-state index contributed by atoms with van der Waals surface area (Å²) in [5.74, 6) is -0.329. The molecule has 0 saturated carbocycles.